The molecule has 4 N–H and O–H groups in total. The monoisotopic (exact) mass is 557 g/mol. The number of alkyl halides is 3. The van der Waals surface area contributed by atoms with Crippen molar-refractivity contribution in [2.45, 2.75) is 77.1 Å². The molecule has 10 nitrogen and oxygen atoms in total. The highest BCUT2D eigenvalue weighted by Gasteiger charge is 2.30. The second kappa shape index (κ2) is 10.4. The molecule has 1 saturated carbocycles. The number of halogens is 3. The minimum absolute atomic E-state index is 0.143. The molecule has 38 heavy (non-hydrogen) atoms. The molecule has 0 saturated heterocycles. The van der Waals surface area contributed by atoms with Gasteiger partial charge in [0.1, 0.15) is 12.2 Å². The van der Waals surface area contributed by atoms with Crippen LogP contribution < -0.4 is 10.6 Å². The van der Waals surface area contributed by atoms with E-state index in [1.165, 1.54) is 0 Å². The first-order valence-electron chi connectivity index (χ1n) is 12.2. The second-order valence-corrected chi connectivity index (χ2v) is 11.8. The van der Waals surface area contributed by atoms with Gasteiger partial charge in [-0.2, -0.15) is 13.2 Å². The molecular formula is C24H31F3N5O5P. The van der Waals surface area contributed by atoms with Crippen molar-refractivity contribution < 1.29 is 36.5 Å². The Balaban J connectivity index is 1.60. The molecule has 0 aliphatic heterocycles. The Bertz CT molecular complexity index is 1350. The predicted octanol–water partition coefficient (Wildman–Crippen LogP) is 5.70. The maximum atomic E-state index is 12.8. The van der Waals surface area contributed by atoms with Gasteiger partial charge in [-0.3, -0.25) is 4.52 Å². The zero-order valence-corrected chi connectivity index (χ0v) is 22.4. The molecular weight excluding hydrogens is 526 g/mol. The Morgan fingerprint density at radius 1 is 1.16 bits per heavy atom. The van der Waals surface area contributed by atoms with E-state index < -0.39 is 32.1 Å². The largest absolute Gasteiger partial charge is 0.469 e. The number of phosphoric acid groups is 1. The van der Waals surface area contributed by atoms with Crippen molar-refractivity contribution in [3.63, 3.8) is 0 Å². The van der Waals surface area contributed by atoms with Gasteiger partial charge in [0.15, 0.2) is 0 Å². The zero-order chi connectivity index (χ0) is 27.9. The highest BCUT2D eigenvalue weighted by molar-refractivity contribution is 7.46. The molecule has 0 amide bonds. The number of aromatic nitrogens is 3. The number of hydrogen-bond donors (Lipinski definition) is 4. The molecule has 0 unspecified atom stereocenters. The van der Waals surface area contributed by atoms with Gasteiger partial charge < -0.3 is 24.8 Å². The fourth-order valence-corrected chi connectivity index (χ4v) is 5.18. The number of rotatable bonds is 7. The smallest absolute Gasteiger partial charge is 0.402 e. The maximum Gasteiger partial charge on any atom is 0.469 e. The molecule has 3 aromatic rings. The first-order valence-corrected chi connectivity index (χ1v) is 13.7. The molecule has 0 bridgehead atoms. The standard InChI is InChI=1S/C24H31F3N5O5P/c1-13-8-19(21-31-32-22(36-21)29-14-6-5-7-16(9-14)37-38(33,34)35)30-20-17(13)10-15(28-12-24(25,26)27)11-18(20)23(2,3)4/h8,10-11,14,16,28H,5-7,9,12H2,1-4H3,(H,29,32)(H2,33,34,35)/t14-,16+/m1/s1. The molecule has 14 heteroatoms. The minimum Gasteiger partial charge on any atom is -0.402 e. The number of anilines is 2. The van der Waals surface area contributed by atoms with Crippen molar-refractivity contribution in [1.29, 1.82) is 0 Å². The van der Waals surface area contributed by atoms with Gasteiger partial charge in [-0.1, -0.05) is 25.9 Å². The van der Waals surface area contributed by atoms with Crippen LogP contribution in [0.5, 0.6) is 0 Å². The molecule has 208 valence electrons. The molecule has 1 aliphatic rings. The Kier molecular flexibility index (Phi) is 7.77. The zero-order valence-electron chi connectivity index (χ0n) is 21.5. The van der Waals surface area contributed by atoms with E-state index in [4.69, 9.17) is 23.7 Å². The fourth-order valence-electron chi connectivity index (χ4n) is 4.60. The van der Waals surface area contributed by atoms with Gasteiger partial charge in [0.05, 0.1) is 11.6 Å². The summed E-state index contributed by atoms with van der Waals surface area (Å²) < 4.78 is 60.2. The van der Waals surface area contributed by atoms with Gasteiger partial charge in [-0.25, -0.2) is 9.55 Å². The van der Waals surface area contributed by atoms with Gasteiger partial charge in [0.25, 0.3) is 5.89 Å². The number of fused-ring (bicyclic) bond motifs is 1. The van der Waals surface area contributed by atoms with Crippen molar-refractivity contribution >= 4 is 30.4 Å². The lowest BCUT2D eigenvalue weighted by Gasteiger charge is -2.28. The molecule has 1 fully saturated rings. The fraction of sp³-hybridized carbons (Fsp3) is 0.542. The normalized spacial score (nSPS) is 19.1. The predicted molar refractivity (Wildman–Crippen MR) is 136 cm³/mol. The van der Waals surface area contributed by atoms with Crippen molar-refractivity contribution in [1.82, 2.24) is 15.2 Å². The summed E-state index contributed by atoms with van der Waals surface area (Å²) in [6.07, 6.45) is -2.56. The topological polar surface area (TPSA) is 143 Å². The number of aryl methyl sites for hydroxylation is 1. The van der Waals surface area contributed by atoms with E-state index in [9.17, 15) is 17.7 Å². The van der Waals surface area contributed by atoms with Gasteiger partial charge >= 0.3 is 20.0 Å². The van der Waals surface area contributed by atoms with Gasteiger partial charge in [0.2, 0.25) is 0 Å². The summed E-state index contributed by atoms with van der Waals surface area (Å²) in [5, 5.41) is 14.4. The summed E-state index contributed by atoms with van der Waals surface area (Å²) >= 11 is 0. The average Bonchev–Trinajstić information content (AvgIpc) is 3.24. The quantitative estimate of drug-likeness (QED) is 0.267. The Morgan fingerprint density at radius 2 is 1.89 bits per heavy atom. The van der Waals surface area contributed by atoms with Crippen LogP contribution in [0.25, 0.3) is 22.5 Å². The van der Waals surface area contributed by atoms with E-state index in [1.807, 2.05) is 27.7 Å². The van der Waals surface area contributed by atoms with Crippen LogP contribution in [0.3, 0.4) is 0 Å². The lowest BCUT2D eigenvalue weighted by atomic mass is 9.84. The number of nitrogens with one attached hydrogen (secondary N) is 2. The van der Waals surface area contributed by atoms with Gasteiger partial charge in [-0.05, 0) is 67.3 Å². The van der Waals surface area contributed by atoms with Crippen molar-refractivity contribution in [3.05, 3.63) is 29.3 Å². The van der Waals surface area contributed by atoms with Gasteiger partial charge in [-0.15, -0.1) is 5.10 Å². The van der Waals surface area contributed by atoms with Crippen LogP contribution in [-0.4, -0.2) is 49.8 Å². The van der Waals surface area contributed by atoms with Crippen molar-refractivity contribution in [2.75, 3.05) is 17.2 Å². The molecule has 2 atom stereocenters. The summed E-state index contributed by atoms with van der Waals surface area (Å²) in [6, 6.07) is 5.05. The third kappa shape index (κ3) is 7.22. The van der Waals surface area contributed by atoms with Crippen LogP contribution in [0, 0.1) is 6.92 Å². The first kappa shape index (κ1) is 28.3. The first-order chi connectivity index (χ1) is 17.6. The molecule has 2 aromatic heterocycles. The second-order valence-electron chi connectivity index (χ2n) is 10.6. The summed E-state index contributed by atoms with van der Waals surface area (Å²) in [5.74, 6) is 0.162. The van der Waals surface area contributed by atoms with E-state index >= 15 is 0 Å². The molecule has 0 radical (unpaired) electrons. The summed E-state index contributed by atoms with van der Waals surface area (Å²) in [7, 11) is -4.58. The Hall–Kier alpha value is -2.73. The summed E-state index contributed by atoms with van der Waals surface area (Å²) in [4.78, 5) is 22.9. The summed E-state index contributed by atoms with van der Waals surface area (Å²) in [5.41, 5.74) is 2.53. The average molecular weight is 558 g/mol. The lowest BCUT2D eigenvalue weighted by molar-refractivity contribution is -0.115. The van der Waals surface area contributed by atoms with Crippen LogP contribution in [0.4, 0.5) is 24.9 Å². The lowest BCUT2D eigenvalue weighted by Crippen LogP contribution is -2.31. The van der Waals surface area contributed by atoms with Crippen LogP contribution in [0.2, 0.25) is 0 Å². The van der Waals surface area contributed by atoms with E-state index in [-0.39, 0.29) is 17.9 Å². The number of pyridine rings is 1. The van der Waals surface area contributed by atoms with Crippen molar-refractivity contribution in [2.24, 2.45) is 0 Å². The Morgan fingerprint density at radius 3 is 2.55 bits per heavy atom. The SMILES string of the molecule is Cc1cc(-c2nnc(N[C@@H]3CCC[C@H](OP(=O)(O)O)C3)o2)nc2c(C(C)(C)C)cc(NCC(F)(F)F)cc12. The molecule has 2 heterocycles. The number of phosphoric ester groups is 1. The van der Waals surface area contributed by atoms with E-state index in [0.717, 1.165) is 17.5 Å². The molecule has 0 spiro atoms. The number of nitrogens with zero attached hydrogens (tertiary/aromatic N) is 3. The van der Waals surface area contributed by atoms with Crippen LogP contribution >= 0.6 is 7.82 Å². The minimum atomic E-state index is -4.58. The van der Waals surface area contributed by atoms with Crippen LogP contribution in [0.1, 0.15) is 57.6 Å². The highest BCUT2D eigenvalue weighted by Crippen LogP contribution is 2.41. The third-order valence-corrected chi connectivity index (χ3v) is 6.88. The highest BCUT2D eigenvalue weighted by atomic mass is 31.2. The third-order valence-electron chi connectivity index (χ3n) is 6.31. The van der Waals surface area contributed by atoms with E-state index in [1.54, 1.807) is 18.2 Å². The van der Waals surface area contributed by atoms with Crippen LogP contribution in [-0.2, 0) is 14.5 Å². The number of benzene rings is 1. The van der Waals surface area contributed by atoms with Crippen LogP contribution in [0.15, 0.2) is 22.6 Å². The molecule has 1 aliphatic carbocycles. The summed E-state index contributed by atoms with van der Waals surface area (Å²) in [6.45, 7) is 6.58. The van der Waals surface area contributed by atoms with E-state index in [0.29, 0.717) is 41.5 Å². The van der Waals surface area contributed by atoms with Gasteiger partial charge in [0, 0.05) is 17.1 Å². The van der Waals surface area contributed by atoms with E-state index in [2.05, 4.69) is 20.8 Å². The maximum absolute atomic E-state index is 12.8. The number of hydrogen-bond acceptors (Lipinski definition) is 8. The molecule has 1 aromatic carbocycles. The molecule has 4 rings (SSSR count). The Labute approximate surface area is 217 Å². The van der Waals surface area contributed by atoms with Crippen molar-refractivity contribution in [3.8, 4) is 11.6 Å².